The van der Waals surface area contributed by atoms with E-state index in [4.69, 9.17) is 4.42 Å². The molecule has 24 heavy (non-hydrogen) atoms. The van der Waals surface area contributed by atoms with E-state index < -0.39 is 6.04 Å². The monoisotopic (exact) mass is 347 g/mol. The van der Waals surface area contributed by atoms with Crippen LogP contribution in [0.3, 0.4) is 0 Å². The Balaban J connectivity index is 1.43. The molecule has 0 bridgehead atoms. The van der Waals surface area contributed by atoms with E-state index in [0.29, 0.717) is 12.1 Å². The van der Waals surface area contributed by atoms with Gasteiger partial charge in [0.05, 0.1) is 22.5 Å². The van der Waals surface area contributed by atoms with Crippen molar-refractivity contribution in [1.29, 1.82) is 0 Å². The third kappa shape index (κ3) is 4.03. The number of thiazole rings is 1. The van der Waals surface area contributed by atoms with E-state index in [9.17, 15) is 9.59 Å². The first kappa shape index (κ1) is 16.7. The summed E-state index contributed by atoms with van der Waals surface area (Å²) in [4.78, 5) is 30.0. The molecule has 6 nitrogen and oxygen atoms in total. The number of hydrogen-bond donors (Lipinski definition) is 2. The number of aryl methyl sites for hydroxylation is 2. The molecule has 0 unspecified atom stereocenters. The molecule has 7 heteroatoms. The quantitative estimate of drug-likeness (QED) is 0.838. The Morgan fingerprint density at radius 3 is 2.96 bits per heavy atom. The predicted molar refractivity (Wildman–Crippen MR) is 91.1 cm³/mol. The molecule has 2 aromatic heterocycles. The van der Waals surface area contributed by atoms with Gasteiger partial charge in [-0.05, 0) is 38.7 Å². The lowest BCUT2D eigenvalue weighted by Gasteiger charge is -2.13. The van der Waals surface area contributed by atoms with Crippen molar-refractivity contribution in [3.05, 3.63) is 39.7 Å². The molecule has 0 saturated carbocycles. The summed E-state index contributed by atoms with van der Waals surface area (Å²) in [5.74, 6) is -0.521. The predicted octanol–water partition coefficient (Wildman–Crippen LogP) is 2.09. The van der Waals surface area contributed by atoms with Crippen molar-refractivity contribution in [2.75, 3.05) is 6.54 Å². The maximum atomic E-state index is 12.1. The van der Waals surface area contributed by atoms with Crippen LogP contribution in [-0.2, 0) is 24.1 Å². The third-order valence-electron chi connectivity index (χ3n) is 4.05. The van der Waals surface area contributed by atoms with Crippen LogP contribution in [0, 0.1) is 0 Å². The van der Waals surface area contributed by atoms with E-state index in [-0.39, 0.29) is 11.8 Å². The number of nitrogens with one attached hydrogen (secondary N) is 2. The zero-order valence-corrected chi connectivity index (χ0v) is 14.4. The van der Waals surface area contributed by atoms with Crippen molar-refractivity contribution < 1.29 is 14.0 Å². The minimum absolute atomic E-state index is 0.201. The van der Waals surface area contributed by atoms with E-state index in [2.05, 4.69) is 15.6 Å². The molecule has 0 spiro atoms. The highest BCUT2D eigenvalue weighted by Gasteiger charge is 2.18. The van der Waals surface area contributed by atoms with Gasteiger partial charge in [0, 0.05) is 17.8 Å². The van der Waals surface area contributed by atoms with E-state index >= 15 is 0 Å². The van der Waals surface area contributed by atoms with Gasteiger partial charge in [-0.25, -0.2) is 4.98 Å². The van der Waals surface area contributed by atoms with Gasteiger partial charge in [-0.2, -0.15) is 0 Å². The first-order chi connectivity index (χ1) is 11.6. The summed E-state index contributed by atoms with van der Waals surface area (Å²) in [5, 5.41) is 6.58. The van der Waals surface area contributed by atoms with Crippen molar-refractivity contribution >= 4 is 23.2 Å². The fourth-order valence-corrected chi connectivity index (χ4v) is 3.85. The molecule has 1 atom stereocenters. The summed E-state index contributed by atoms with van der Waals surface area (Å²) in [6, 6.07) is 0.960. The number of furan rings is 1. The van der Waals surface area contributed by atoms with Gasteiger partial charge in [-0.15, -0.1) is 11.3 Å². The Labute approximate surface area is 144 Å². The molecule has 0 fully saturated rings. The number of rotatable bonds is 6. The smallest absolute Gasteiger partial charge is 0.255 e. The molecule has 0 aromatic carbocycles. The van der Waals surface area contributed by atoms with E-state index in [1.54, 1.807) is 24.3 Å². The van der Waals surface area contributed by atoms with E-state index in [1.807, 2.05) is 0 Å². The van der Waals surface area contributed by atoms with Gasteiger partial charge in [-0.3, -0.25) is 9.59 Å². The molecule has 0 radical (unpaired) electrons. The highest BCUT2D eigenvalue weighted by atomic mass is 32.1. The standard InChI is InChI=1S/C17H21N3O3S/c1-11(19-17(22)12-7-9-23-10-12)16(21)18-8-6-15-20-13-4-2-3-5-14(13)24-15/h7,9-11H,2-6,8H2,1H3,(H,18,21)(H,19,22)/t11-/m0/s1. The van der Waals surface area contributed by atoms with Crippen LogP contribution >= 0.6 is 11.3 Å². The second kappa shape index (κ2) is 7.61. The van der Waals surface area contributed by atoms with Crippen LogP contribution in [0.4, 0.5) is 0 Å². The third-order valence-corrected chi connectivity index (χ3v) is 5.27. The van der Waals surface area contributed by atoms with Crippen LogP contribution in [0.2, 0.25) is 0 Å². The molecule has 1 aliphatic rings. The first-order valence-electron chi connectivity index (χ1n) is 8.21. The van der Waals surface area contributed by atoms with Crippen LogP contribution in [0.1, 0.15) is 45.7 Å². The number of aromatic nitrogens is 1. The summed E-state index contributed by atoms with van der Waals surface area (Å²) < 4.78 is 4.86. The minimum atomic E-state index is -0.600. The van der Waals surface area contributed by atoms with Crippen LogP contribution < -0.4 is 10.6 Å². The number of amides is 2. The molecule has 2 amide bonds. The van der Waals surface area contributed by atoms with Crippen LogP contribution in [0.5, 0.6) is 0 Å². The van der Waals surface area contributed by atoms with Gasteiger partial charge >= 0.3 is 0 Å². The lowest BCUT2D eigenvalue weighted by atomic mass is 10.0. The summed E-state index contributed by atoms with van der Waals surface area (Å²) in [6.07, 6.45) is 8.19. The van der Waals surface area contributed by atoms with Crippen molar-refractivity contribution in [2.45, 2.75) is 45.1 Å². The lowest BCUT2D eigenvalue weighted by molar-refractivity contribution is -0.122. The molecular weight excluding hydrogens is 326 g/mol. The Hall–Kier alpha value is -2.15. The Bertz CT molecular complexity index is 685. The highest BCUT2D eigenvalue weighted by molar-refractivity contribution is 7.11. The van der Waals surface area contributed by atoms with Gasteiger partial charge in [0.25, 0.3) is 5.91 Å². The topological polar surface area (TPSA) is 84.2 Å². The Morgan fingerprint density at radius 1 is 1.38 bits per heavy atom. The molecule has 3 rings (SSSR count). The van der Waals surface area contributed by atoms with Gasteiger partial charge in [0.2, 0.25) is 5.91 Å². The zero-order chi connectivity index (χ0) is 16.9. The number of fused-ring (bicyclic) bond motifs is 1. The van der Waals surface area contributed by atoms with Crippen molar-refractivity contribution in [1.82, 2.24) is 15.6 Å². The van der Waals surface area contributed by atoms with Crippen molar-refractivity contribution in [3.8, 4) is 0 Å². The maximum Gasteiger partial charge on any atom is 0.255 e. The second-order valence-corrected chi connectivity index (χ2v) is 7.10. The second-order valence-electron chi connectivity index (χ2n) is 5.93. The number of hydrogen-bond acceptors (Lipinski definition) is 5. The van der Waals surface area contributed by atoms with Gasteiger partial charge in [0.1, 0.15) is 12.3 Å². The molecule has 2 N–H and O–H groups in total. The highest BCUT2D eigenvalue weighted by Crippen LogP contribution is 2.26. The summed E-state index contributed by atoms with van der Waals surface area (Å²) >= 11 is 1.76. The Kier molecular flexibility index (Phi) is 5.30. The normalized spacial score (nSPS) is 14.7. The number of nitrogens with zero attached hydrogens (tertiary/aromatic N) is 1. The molecule has 2 heterocycles. The average molecular weight is 347 g/mol. The average Bonchev–Trinajstić information content (AvgIpc) is 3.23. The van der Waals surface area contributed by atoms with Gasteiger partial charge in [-0.1, -0.05) is 0 Å². The minimum Gasteiger partial charge on any atom is -0.472 e. The summed E-state index contributed by atoms with van der Waals surface area (Å²) in [7, 11) is 0. The fourth-order valence-electron chi connectivity index (χ4n) is 2.70. The number of carbonyl (C=O) groups excluding carboxylic acids is 2. The largest absolute Gasteiger partial charge is 0.472 e. The zero-order valence-electron chi connectivity index (χ0n) is 13.6. The van der Waals surface area contributed by atoms with Crippen LogP contribution in [0.15, 0.2) is 23.0 Å². The lowest BCUT2D eigenvalue weighted by Crippen LogP contribution is -2.45. The molecular formula is C17H21N3O3S. The molecule has 0 aliphatic heterocycles. The molecule has 128 valence electrons. The number of carbonyl (C=O) groups is 2. The summed E-state index contributed by atoms with van der Waals surface area (Å²) in [5.41, 5.74) is 1.65. The molecule has 0 saturated heterocycles. The van der Waals surface area contributed by atoms with E-state index in [0.717, 1.165) is 24.3 Å². The van der Waals surface area contributed by atoms with Crippen molar-refractivity contribution in [2.24, 2.45) is 0 Å². The van der Waals surface area contributed by atoms with Gasteiger partial charge in [0.15, 0.2) is 0 Å². The Morgan fingerprint density at radius 2 is 2.21 bits per heavy atom. The maximum absolute atomic E-state index is 12.1. The van der Waals surface area contributed by atoms with Gasteiger partial charge < -0.3 is 15.1 Å². The van der Waals surface area contributed by atoms with E-state index in [1.165, 1.54) is 35.9 Å². The van der Waals surface area contributed by atoms with Crippen LogP contribution in [0.25, 0.3) is 0 Å². The SMILES string of the molecule is C[C@H](NC(=O)c1ccoc1)C(=O)NCCc1nc2c(s1)CCCC2. The van der Waals surface area contributed by atoms with Crippen molar-refractivity contribution in [3.63, 3.8) is 0 Å². The first-order valence-corrected chi connectivity index (χ1v) is 9.03. The fraction of sp³-hybridized carbons (Fsp3) is 0.471. The van der Waals surface area contributed by atoms with Crippen LogP contribution in [-0.4, -0.2) is 29.4 Å². The summed E-state index contributed by atoms with van der Waals surface area (Å²) in [6.45, 7) is 2.19. The molecule has 1 aliphatic carbocycles. The molecule has 2 aromatic rings.